The highest BCUT2D eigenvalue weighted by molar-refractivity contribution is 5.91. The number of unbranched alkanes of at least 4 members (excludes halogenated alkanes) is 2. The molecule has 0 fully saturated rings. The van der Waals surface area contributed by atoms with Crippen molar-refractivity contribution in [3.05, 3.63) is 17.0 Å². The van der Waals surface area contributed by atoms with E-state index in [4.69, 9.17) is 0 Å². The molecular weight excluding hydrogens is 200 g/mol. The molecule has 1 amide bonds. The van der Waals surface area contributed by atoms with Crippen LogP contribution in [0.1, 0.15) is 47.0 Å². The molecule has 3 nitrogen and oxygen atoms in total. The van der Waals surface area contributed by atoms with Gasteiger partial charge in [-0.3, -0.25) is 4.79 Å². The summed E-state index contributed by atoms with van der Waals surface area (Å²) in [6.45, 7) is 12.1. The molecule has 0 spiro atoms. The molecule has 90 valence electrons. The lowest BCUT2D eigenvalue weighted by Gasteiger charge is -2.02. The molecule has 16 heavy (non-hydrogen) atoms. The van der Waals surface area contributed by atoms with Crippen molar-refractivity contribution >= 4 is 5.91 Å². The zero-order valence-corrected chi connectivity index (χ0v) is 10.9. The van der Waals surface area contributed by atoms with Crippen LogP contribution < -0.4 is 5.32 Å². The van der Waals surface area contributed by atoms with Gasteiger partial charge in [-0.25, -0.2) is 0 Å². The van der Waals surface area contributed by atoms with E-state index in [0.717, 1.165) is 19.3 Å². The van der Waals surface area contributed by atoms with Gasteiger partial charge in [-0.15, -0.1) is 0 Å². The molecule has 0 rings (SSSR count). The number of hydrogen-bond donors (Lipinski definition) is 1. The maximum absolute atomic E-state index is 11.1. The summed E-state index contributed by atoms with van der Waals surface area (Å²) in [4.78, 5) is 15.4. The Kier molecular flexibility index (Phi) is 6.48. The second kappa shape index (κ2) is 7.05. The van der Waals surface area contributed by atoms with Crippen LogP contribution in [-0.4, -0.2) is 18.0 Å². The summed E-state index contributed by atoms with van der Waals surface area (Å²) in [7, 11) is 0. The topological polar surface area (TPSA) is 33.5 Å². The Morgan fingerprint density at radius 2 is 2.00 bits per heavy atom. The first-order valence-electron chi connectivity index (χ1n) is 5.71. The van der Waals surface area contributed by atoms with E-state index >= 15 is 0 Å². The van der Waals surface area contributed by atoms with Crippen LogP contribution in [-0.2, 0) is 4.79 Å². The molecule has 0 aromatic heterocycles. The average molecular weight is 223 g/mol. The van der Waals surface area contributed by atoms with E-state index in [2.05, 4.69) is 22.8 Å². The lowest BCUT2D eigenvalue weighted by Crippen LogP contribution is -2.24. The number of rotatable bonds is 5. The molecule has 0 unspecified atom stereocenters. The molecule has 3 heteroatoms. The van der Waals surface area contributed by atoms with E-state index in [0.29, 0.717) is 12.1 Å². The quantitative estimate of drug-likeness (QED) is 0.564. The van der Waals surface area contributed by atoms with E-state index in [1.165, 1.54) is 0 Å². The Hall–Kier alpha value is -1.30. The van der Waals surface area contributed by atoms with E-state index in [9.17, 15) is 4.79 Å². The van der Waals surface area contributed by atoms with E-state index < -0.39 is 0 Å². The highest BCUT2D eigenvalue weighted by Crippen LogP contribution is 2.06. The smallest absolute Gasteiger partial charge is 0.273 e. The first-order valence-corrected chi connectivity index (χ1v) is 5.71. The summed E-state index contributed by atoms with van der Waals surface area (Å²) >= 11 is 0. The van der Waals surface area contributed by atoms with Crippen molar-refractivity contribution in [1.29, 1.82) is 0 Å². The molecule has 0 aliphatic heterocycles. The van der Waals surface area contributed by atoms with Gasteiger partial charge in [0.1, 0.15) is 0 Å². The van der Waals surface area contributed by atoms with Crippen molar-refractivity contribution < 1.29 is 4.79 Å². The lowest BCUT2D eigenvalue weighted by molar-refractivity contribution is -0.117. The number of hydrogen-bond acceptors (Lipinski definition) is 1. The molecular formula is C13H23N2O+. The maximum Gasteiger partial charge on any atom is 0.273 e. The zero-order chi connectivity index (χ0) is 12.6. The fourth-order valence-electron chi connectivity index (χ4n) is 0.975. The predicted octanol–water partition coefficient (Wildman–Crippen LogP) is 2.98. The largest absolute Gasteiger partial charge is 0.352 e. The first-order chi connectivity index (χ1) is 7.33. The minimum Gasteiger partial charge on any atom is -0.352 e. The van der Waals surface area contributed by atoms with Gasteiger partial charge in [-0.1, -0.05) is 11.4 Å². The summed E-state index contributed by atoms with van der Waals surface area (Å²) in [6.07, 6.45) is 2.79. The van der Waals surface area contributed by atoms with Crippen molar-refractivity contribution in [1.82, 2.24) is 5.32 Å². The Morgan fingerprint density at radius 1 is 1.38 bits per heavy atom. The lowest BCUT2D eigenvalue weighted by atomic mass is 10.1. The minimum absolute atomic E-state index is 0.0336. The number of amides is 1. The van der Waals surface area contributed by atoms with Crippen LogP contribution in [0.25, 0.3) is 4.85 Å². The van der Waals surface area contributed by atoms with Crippen LogP contribution in [0, 0.1) is 6.07 Å². The zero-order valence-electron chi connectivity index (χ0n) is 10.9. The van der Waals surface area contributed by atoms with Gasteiger partial charge in [0.05, 0.1) is 6.42 Å². The minimum atomic E-state index is -0.0626. The predicted molar refractivity (Wildman–Crippen MR) is 68.7 cm³/mol. The van der Waals surface area contributed by atoms with Crippen LogP contribution in [0.2, 0.25) is 0 Å². The average Bonchev–Trinajstić information content (AvgIpc) is 2.14. The van der Waals surface area contributed by atoms with Crippen LogP contribution in [0.15, 0.2) is 12.2 Å². The van der Waals surface area contributed by atoms with Gasteiger partial charge >= 0.3 is 0 Å². The molecule has 0 bridgehead atoms. The van der Waals surface area contributed by atoms with Crippen molar-refractivity contribution in [3.8, 4) is 6.07 Å². The van der Waals surface area contributed by atoms with Crippen LogP contribution in [0.3, 0.4) is 0 Å². The molecule has 1 N–H and O–H groups in total. The third-order valence-electron chi connectivity index (χ3n) is 1.80. The molecule has 0 saturated heterocycles. The number of nitrogens with one attached hydrogen (secondary N) is 1. The molecule has 0 radical (unpaired) electrons. The van der Waals surface area contributed by atoms with Crippen molar-refractivity contribution in [3.63, 3.8) is 0 Å². The first kappa shape index (κ1) is 14.7. The van der Waals surface area contributed by atoms with Gasteiger partial charge in [-0.05, 0) is 19.8 Å². The molecule has 0 aromatic rings. The standard InChI is InChI=1S/C13H22N2O/c1-11(2)12(16)14-9-7-6-8-10-15-13(3,4)5/h1,6-9H2,2-5H3/p+1. The molecule has 0 atom stereocenters. The Morgan fingerprint density at radius 3 is 2.50 bits per heavy atom. The number of carbonyl (C=O) groups excluding carboxylic acids is 1. The molecule has 0 aliphatic rings. The van der Waals surface area contributed by atoms with Crippen molar-refractivity contribution in [2.24, 2.45) is 0 Å². The summed E-state index contributed by atoms with van der Waals surface area (Å²) < 4.78 is 0. The van der Waals surface area contributed by atoms with E-state index in [-0.39, 0.29) is 11.4 Å². The summed E-state index contributed by atoms with van der Waals surface area (Å²) in [6, 6.07) is 3.03. The highest BCUT2D eigenvalue weighted by Gasteiger charge is 2.18. The van der Waals surface area contributed by atoms with Gasteiger partial charge in [-0.2, -0.15) is 0 Å². The Balaban J connectivity index is 3.51. The van der Waals surface area contributed by atoms with Crippen LogP contribution in [0.5, 0.6) is 0 Å². The van der Waals surface area contributed by atoms with E-state index in [1.54, 1.807) is 6.92 Å². The summed E-state index contributed by atoms with van der Waals surface area (Å²) in [5.41, 5.74) is 0.523. The third kappa shape index (κ3) is 9.26. The van der Waals surface area contributed by atoms with Gasteiger partial charge in [0.25, 0.3) is 11.6 Å². The van der Waals surface area contributed by atoms with Crippen LogP contribution in [0.4, 0.5) is 0 Å². The maximum atomic E-state index is 11.1. The van der Waals surface area contributed by atoms with Crippen molar-refractivity contribution in [2.45, 2.75) is 52.5 Å². The monoisotopic (exact) mass is 223 g/mol. The number of carbonyl (C=O) groups is 1. The molecule has 0 saturated carbocycles. The van der Waals surface area contributed by atoms with Gasteiger partial charge in [0.2, 0.25) is 5.91 Å². The third-order valence-corrected chi connectivity index (χ3v) is 1.80. The molecule has 0 aromatic carbocycles. The fourth-order valence-corrected chi connectivity index (χ4v) is 0.975. The molecule has 0 heterocycles. The summed E-state index contributed by atoms with van der Waals surface area (Å²) in [5.74, 6) is -0.0626. The van der Waals surface area contributed by atoms with Gasteiger partial charge in [0, 0.05) is 32.9 Å². The Bertz CT molecular complexity index is 302. The highest BCUT2D eigenvalue weighted by atomic mass is 16.1. The summed E-state index contributed by atoms with van der Waals surface area (Å²) in [5, 5.41) is 2.79. The SMILES string of the molecule is C=C(C)C(=O)NCCCCC#[N+]C(C)(C)C. The number of nitrogens with zero attached hydrogens (tertiary/aromatic N) is 1. The second-order valence-corrected chi connectivity index (χ2v) is 4.93. The van der Waals surface area contributed by atoms with E-state index in [1.807, 2.05) is 20.8 Å². The van der Waals surface area contributed by atoms with Crippen molar-refractivity contribution in [2.75, 3.05) is 6.54 Å². The molecule has 0 aliphatic carbocycles. The Labute approximate surface area is 98.7 Å². The van der Waals surface area contributed by atoms with Gasteiger partial charge in [0.15, 0.2) is 0 Å². The fraction of sp³-hybridized carbons (Fsp3) is 0.692. The van der Waals surface area contributed by atoms with Crippen LogP contribution >= 0.6 is 0 Å². The normalized spacial score (nSPS) is 10.2. The van der Waals surface area contributed by atoms with Gasteiger partial charge < -0.3 is 5.32 Å². The second-order valence-electron chi connectivity index (χ2n) is 4.93.